The summed E-state index contributed by atoms with van der Waals surface area (Å²) in [5.41, 5.74) is 0. The van der Waals surface area contributed by atoms with Crippen molar-refractivity contribution < 1.29 is 4.39 Å². The molecular weight excluding hydrogens is 155 g/mol. The molecule has 0 aliphatic carbocycles. The Morgan fingerprint density at radius 2 is 2.33 bits per heavy atom. The zero-order valence-electron chi connectivity index (χ0n) is 7.85. The lowest BCUT2D eigenvalue weighted by Crippen LogP contribution is -2.42. The van der Waals surface area contributed by atoms with Gasteiger partial charge in [-0.2, -0.15) is 0 Å². The van der Waals surface area contributed by atoms with Crippen LogP contribution >= 0.6 is 0 Å². The maximum absolute atomic E-state index is 11.9. The molecule has 1 heterocycles. The van der Waals surface area contributed by atoms with E-state index in [1.807, 2.05) is 7.05 Å². The summed E-state index contributed by atoms with van der Waals surface area (Å²) in [4.78, 5) is 2.06. The molecule has 0 aromatic rings. The second-order valence-corrected chi connectivity index (χ2v) is 3.60. The number of hydrogen-bond acceptors (Lipinski definition) is 2. The molecule has 0 amide bonds. The van der Waals surface area contributed by atoms with Crippen LogP contribution in [0.25, 0.3) is 0 Å². The summed E-state index contributed by atoms with van der Waals surface area (Å²) in [6.45, 7) is 2.46. The Kier molecular flexibility index (Phi) is 4.54. The first kappa shape index (κ1) is 9.93. The van der Waals surface area contributed by atoms with Crippen molar-refractivity contribution in [1.29, 1.82) is 0 Å². The first-order valence-corrected chi connectivity index (χ1v) is 4.81. The highest BCUT2D eigenvalue weighted by atomic mass is 19.1. The molecule has 72 valence electrons. The number of hydrogen-bond donors (Lipinski definition) is 1. The van der Waals surface area contributed by atoms with E-state index in [2.05, 4.69) is 10.2 Å². The van der Waals surface area contributed by atoms with E-state index >= 15 is 0 Å². The summed E-state index contributed by atoms with van der Waals surface area (Å²) in [6, 6.07) is 0.593. The molecule has 2 nitrogen and oxygen atoms in total. The molecule has 1 atom stereocenters. The Morgan fingerprint density at radius 1 is 1.50 bits per heavy atom. The van der Waals surface area contributed by atoms with E-state index < -0.39 is 0 Å². The number of halogens is 1. The Hall–Kier alpha value is -0.150. The number of rotatable bonds is 4. The molecule has 1 saturated heterocycles. The Morgan fingerprint density at radius 3 is 2.92 bits per heavy atom. The van der Waals surface area contributed by atoms with Crippen molar-refractivity contribution in [1.82, 2.24) is 10.2 Å². The van der Waals surface area contributed by atoms with E-state index in [1.54, 1.807) is 0 Å². The summed E-state index contributed by atoms with van der Waals surface area (Å²) in [5, 5.41) is 3.44. The topological polar surface area (TPSA) is 15.3 Å². The van der Waals surface area contributed by atoms with Crippen molar-refractivity contribution in [2.75, 3.05) is 33.4 Å². The average Bonchev–Trinajstić information content (AvgIpc) is 2.06. The lowest BCUT2D eigenvalue weighted by Gasteiger charge is -2.27. The fourth-order valence-corrected chi connectivity index (χ4v) is 1.69. The van der Waals surface area contributed by atoms with E-state index in [-0.39, 0.29) is 6.67 Å². The van der Waals surface area contributed by atoms with Crippen LogP contribution in [-0.2, 0) is 0 Å². The van der Waals surface area contributed by atoms with Crippen molar-refractivity contribution in [2.24, 2.45) is 0 Å². The normalized spacial score (nSPS) is 24.8. The molecule has 1 N–H and O–H groups in total. The van der Waals surface area contributed by atoms with Crippen LogP contribution in [-0.4, -0.2) is 44.3 Å². The third-order valence-corrected chi connectivity index (χ3v) is 2.41. The predicted octanol–water partition coefficient (Wildman–Crippen LogP) is 1.03. The standard InChI is InChI=1S/C9H19FN2/c1-12(7-5-10)8-9-4-2-3-6-11-9/h9,11H,2-8H2,1H3. The van der Waals surface area contributed by atoms with Gasteiger partial charge in [0.1, 0.15) is 6.67 Å². The van der Waals surface area contributed by atoms with Gasteiger partial charge in [0.25, 0.3) is 0 Å². The monoisotopic (exact) mass is 174 g/mol. The summed E-state index contributed by atoms with van der Waals surface area (Å²) >= 11 is 0. The fraction of sp³-hybridized carbons (Fsp3) is 1.00. The summed E-state index contributed by atoms with van der Waals surface area (Å²) in [7, 11) is 1.98. The van der Waals surface area contributed by atoms with Gasteiger partial charge in [0.2, 0.25) is 0 Å². The summed E-state index contributed by atoms with van der Waals surface area (Å²) in [5.74, 6) is 0. The van der Waals surface area contributed by atoms with Gasteiger partial charge in [-0.15, -0.1) is 0 Å². The largest absolute Gasteiger partial charge is 0.313 e. The zero-order chi connectivity index (χ0) is 8.81. The van der Waals surface area contributed by atoms with Gasteiger partial charge in [-0.3, -0.25) is 0 Å². The third kappa shape index (κ3) is 3.50. The molecule has 0 aromatic heterocycles. The minimum absolute atomic E-state index is 0.233. The van der Waals surface area contributed by atoms with Gasteiger partial charge in [-0.1, -0.05) is 6.42 Å². The number of likely N-dealkylation sites (N-methyl/N-ethyl adjacent to an activating group) is 1. The molecule has 12 heavy (non-hydrogen) atoms. The van der Waals surface area contributed by atoms with Gasteiger partial charge < -0.3 is 10.2 Å². The summed E-state index contributed by atoms with van der Waals surface area (Å²) < 4.78 is 11.9. The number of alkyl halides is 1. The highest BCUT2D eigenvalue weighted by Crippen LogP contribution is 2.07. The van der Waals surface area contributed by atoms with Crippen molar-refractivity contribution in [3.05, 3.63) is 0 Å². The van der Waals surface area contributed by atoms with Crippen LogP contribution < -0.4 is 5.32 Å². The van der Waals surface area contributed by atoms with E-state index in [9.17, 15) is 4.39 Å². The van der Waals surface area contributed by atoms with E-state index in [4.69, 9.17) is 0 Å². The van der Waals surface area contributed by atoms with Gasteiger partial charge in [0, 0.05) is 19.1 Å². The molecule has 0 spiro atoms. The Bertz CT molecular complexity index is 113. The minimum atomic E-state index is -0.233. The van der Waals surface area contributed by atoms with Crippen molar-refractivity contribution in [2.45, 2.75) is 25.3 Å². The molecule has 1 rings (SSSR count). The van der Waals surface area contributed by atoms with Crippen molar-refractivity contribution >= 4 is 0 Å². The molecule has 1 fully saturated rings. The Balaban J connectivity index is 2.11. The van der Waals surface area contributed by atoms with Gasteiger partial charge in [-0.05, 0) is 26.4 Å². The van der Waals surface area contributed by atoms with E-state index in [0.717, 1.165) is 13.1 Å². The molecule has 1 aliphatic rings. The third-order valence-electron chi connectivity index (χ3n) is 2.41. The smallest absolute Gasteiger partial charge is 0.102 e. The average molecular weight is 174 g/mol. The Labute approximate surface area is 74.1 Å². The second-order valence-electron chi connectivity index (χ2n) is 3.60. The second kappa shape index (κ2) is 5.49. The van der Waals surface area contributed by atoms with Gasteiger partial charge in [0.15, 0.2) is 0 Å². The molecule has 3 heteroatoms. The molecule has 0 radical (unpaired) electrons. The maximum atomic E-state index is 11.9. The lowest BCUT2D eigenvalue weighted by molar-refractivity contribution is 0.244. The number of nitrogens with one attached hydrogen (secondary N) is 1. The number of nitrogens with zero attached hydrogens (tertiary/aromatic N) is 1. The number of piperidine rings is 1. The highest BCUT2D eigenvalue weighted by Gasteiger charge is 2.13. The molecule has 0 aromatic carbocycles. The van der Waals surface area contributed by atoms with Crippen LogP contribution in [0.3, 0.4) is 0 Å². The first-order valence-electron chi connectivity index (χ1n) is 4.81. The molecule has 1 aliphatic heterocycles. The predicted molar refractivity (Wildman–Crippen MR) is 49.1 cm³/mol. The van der Waals surface area contributed by atoms with Crippen molar-refractivity contribution in [3.8, 4) is 0 Å². The SMILES string of the molecule is CN(CCF)CC1CCCCN1. The van der Waals surface area contributed by atoms with Crippen LogP contribution in [0.5, 0.6) is 0 Å². The first-order chi connectivity index (χ1) is 5.83. The molecule has 0 saturated carbocycles. The highest BCUT2D eigenvalue weighted by molar-refractivity contribution is 4.74. The van der Waals surface area contributed by atoms with E-state index in [1.165, 1.54) is 19.3 Å². The fourth-order valence-electron chi connectivity index (χ4n) is 1.69. The van der Waals surface area contributed by atoms with Crippen LogP contribution in [0, 0.1) is 0 Å². The molecule has 0 bridgehead atoms. The minimum Gasteiger partial charge on any atom is -0.313 e. The van der Waals surface area contributed by atoms with Crippen LogP contribution in [0.2, 0.25) is 0 Å². The summed E-state index contributed by atoms with van der Waals surface area (Å²) in [6.07, 6.45) is 3.86. The molecule has 1 unspecified atom stereocenters. The maximum Gasteiger partial charge on any atom is 0.102 e. The lowest BCUT2D eigenvalue weighted by atomic mass is 10.0. The van der Waals surface area contributed by atoms with Crippen LogP contribution in [0.15, 0.2) is 0 Å². The van der Waals surface area contributed by atoms with Gasteiger partial charge in [0.05, 0.1) is 0 Å². The van der Waals surface area contributed by atoms with Crippen LogP contribution in [0.1, 0.15) is 19.3 Å². The van der Waals surface area contributed by atoms with Gasteiger partial charge in [-0.25, -0.2) is 4.39 Å². The quantitative estimate of drug-likeness (QED) is 0.685. The van der Waals surface area contributed by atoms with E-state index in [0.29, 0.717) is 12.6 Å². The van der Waals surface area contributed by atoms with Crippen LogP contribution in [0.4, 0.5) is 4.39 Å². The zero-order valence-corrected chi connectivity index (χ0v) is 7.85. The molecular formula is C9H19FN2. The van der Waals surface area contributed by atoms with Gasteiger partial charge >= 0.3 is 0 Å². The van der Waals surface area contributed by atoms with Crippen molar-refractivity contribution in [3.63, 3.8) is 0 Å².